The summed E-state index contributed by atoms with van der Waals surface area (Å²) >= 11 is 0. The molecule has 5 heteroatoms. The first-order valence-electron chi connectivity index (χ1n) is 8.31. The number of carbonyl (C=O) groups excluding carboxylic acids is 1. The van der Waals surface area contributed by atoms with Crippen molar-refractivity contribution >= 4 is 5.91 Å². The Morgan fingerprint density at radius 3 is 2.42 bits per heavy atom. The lowest BCUT2D eigenvalue weighted by molar-refractivity contribution is -0.134. The molecule has 1 fully saturated rings. The second-order valence-electron chi connectivity index (χ2n) is 5.78. The molecule has 1 aliphatic carbocycles. The van der Waals surface area contributed by atoms with Crippen LogP contribution in [0.15, 0.2) is 48.8 Å². The third-order valence-corrected chi connectivity index (χ3v) is 3.91. The monoisotopic (exact) mass is 326 g/mol. The summed E-state index contributed by atoms with van der Waals surface area (Å²) in [6.07, 6.45) is 5.62. The molecule has 0 unspecified atom stereocenters. The number of amides is 1. The molecule has 0 saturated heterocycles. The van der Waals surface area contributed by atoms with E-state index in [0.29, 0.717) is 30.7 Å². The minimum Gasteiger partial charge on any atom is -0.490 e. The third kappa shape index (κ3) is 4.25. The average molecular weight is 326 g/mol. The molecular formula is C19H22N2O3. The van der Waals surface area contributed by atoms with Crippen LogP contribution in [0.25, 0.3) is 0 Å². The zero-order valence-electron chi connectivity index (χ0n) is 13.9. The van der Waals surface area contributed by atoms with Gasteiger partial charge in [-0.3, -0.25) is 9.78 Å². The molecule has 1 aromatic heterocycles. The molecule has 24 heavy (non-hydrogen) atoms. The zero-order chi connectivity index (χ0) is 16.8. The van der Waals surface area contributed by atoms with E-state index >= 15 is 0 Å². The number of ether oxygens (including phenoxy) is 2. The van der Waals surface area contributed by atoms with E-state index in [4.69, 9.17) is 9.47 Å². The maximum Gasteiger partial charge on any atom is 0.261 e. The molecule has 2 aromatic rings. The fourth-order valence-corrected chi connectivity index (χ4v) is 2.56. The van der Waals surface area contributed by atoms with Gasteiger partial charge in [0.05, 0.1) is 6.61 Å². The molecule has 1 aromatic carbocycles. The number of para-hydroxylation sites is 2. The minimum absolute atomic E-state index is 0.000568. The van der Waals surface area contributed by atoms with Crippen molar-refractivity contribution in [3.63, 3.8) is 0 Å². The highest BCUT2D eigenvalue weighted by molar-refractivity contribution is 5.78. The second kappa shape index (κ2) is 7.81. The molecule has 0 N–H and O–H groups in total. The highest BCUT2D eigenvalue weighted by Gasteiger charge is 2.32. The molecule has 1 heterocycles. The largest absolute Gasteiger partial charge is 0.490 e. The predicted octanol–water partition coefficient (Wildman–Crippen LogP) is 3.05. The predicted molar refractivity (Wildman–Crippen MR) is 90.9 cm³/mol. The van der Waals surface area contributed by atoms with Crippen LogP contribution in [0.3, 0.4) is 0 Å². The molecule has 1 aliphatic rings. The maximum atomic E-state index is 12.6. The Hall–Kier alpha value is -2.56. The Labute approximate surface area is 142 Å². The van der Waals surface area contributed by atoms with E-state index in [-0.39, 0.29) is 12.5 Å². The van der Waals surface area contributed by atoms with Crippen LogP contribution in [-0.4, -0.2) is 35.0 Å². The lowest BCUT2D eigenvalue weighted by atomic mass is 10.2. The van der Waals surface area contributed by atoms with Crippen LogP contribution in [-0.2, 0) is 11.3 Å². The van der Waals surface area contributed by atoms with E-state index < -0.39 is 0 Å². The summed E-state index contributed by atoms with van der Waals surface area (Å²) in [4.78, 5) is 18.5. The summed E-state index contributed by atoms with van der Waals surface area (Å²) < 4.78 is 11.2. The molecule has 3 rings (SSSR count). The van der Waals surface area contributed by atoms with Gasteiger partial charge in [0, 0.05) is 25.0 Å². The molecule has 0 aliphatic heterocycles. The Morgan fingerprint density at radius 2 is 1.79 bits per heavy atom. The molecule has 0 spiro atoms. The standard InChI is InChI=1S/C19H22N2O3/c1-2-23-17-5-3-4-6-18(17)24-14-19(22)21(16-7-8-16)13-15-9-11-20-12-10-15/h3-6,9-12,16H,2,7-8,13-14H2,1H3. The highest BCUT2D eigenvalue weighted by atomic mass is 16.5. The fraction of sp³-hybridized carbons (Fsp3) is 0.368. The first-order chi connectivity index (χ1) is 11.8. The van der Waals surface area contributed by atoms with Crippen molar-refractivity contribution in [2.45, 2.75) is 32.4 Å². The SMILES string of the molecule is CCOc1ccccc1OCC(=O)N(Cc1ccncc1)C1CC1. The molecular weight excluding hydrogens is 304 g/mol. The van der Waals surface area contributed by atoms with Gasteiger partial charge in [0.15, 0.2) is 18.1 Å². The molecule has 0 bridgehead atoms. The average Bonchev–Trinajstić information content (AvgIpc) is 3.45. The van der Waals surface area contributed by atoms with Crippen LogP contribution in [0, 0.1) is 0 Å². The van der Waals surface area contributed by atoms with Gasteiger partial charge in [-0.1, -0.05) is 12.1 Å². The number of nitrogens with zero attached hydrogens (tertiary/aromatic N) is 2. The van der Waals surface area contributed by atoms with Gasteiger partial charge in [0.25, 0.3) is 5.91 Å². The quantitative estimate of drug-likeness (QED) is 0.748. The van der Waals surface area contributed by atoms with Crippen LogP contribution in [0.2, 0.25) is 0 Å². The summed E-state index contributed by atoms with van der Waals surface area (Å²) in [7, 11) is 0. The minimum atomic E-state index is 0.000568. The molecule has 0 atom stereocenters. The molecule has 1 amide bonds. The first kappa shape index (κ1) is 16.3. The number of pyridine rings is 1. The Morgan fingerprint density at radius 1 is 1.12 bits per heavy atom. The fourth-order valence-electron chi connectivity index (χ4n) is 2.56. The Bertz CT molecular complexity index is 671. The molecule has 5 nitrogen and oxygen atoms in total. The van der Waals surface area contributed by atoms with Crippen molar-refractivity contribution in [2.75, 3.05) is 13.2 Å². The van der Waals surface area contributed by atoms with E-state index in [1.807, 2.05) is 48.2 Å². The van der Waals surface area contributed by atoms with Crippen molar-refractivity contribution in [3.8, 4) is 11.5 Å². The molecule has 1 saturated carbocycles. The van der Waals surface area contributed by atoms with Gasteiger partial charge >= 0.3 is 0 Å². The third-order valence-electron chi connectivity index (χ3n) is 3.91. The van der Waals surface area contributed by atoms with Gasteiger partial charge in [-0.25, -0.2) is 0 Å². The topological polar surface area (TPSA) is 51.7 Å². The maximum absolute atomic E-state index is 12.6. The van der Waals surface area contributed by atoms with Gasteiger partial charge in [0.1, 0.15) is 0 Å². The summed E-state index contributed by atoms with van der Waals surface area (Å²) in [6, 6.07) is 11.6. The van der Waals surface area contributed by atoms with Gasteiger partial charge in [-0.05, 0) is 49.6 Å². The smallest absolute Gasteiger partial charge is 0.261 e. The van der Waals surface area contributed by atoms with Crippen molar-refractivity contribution in [1.29, 1.82) is 0 Å². The van der Waals surface area contributed by atoms with Gasteiger partial charge in [-0.15, -0.1) is 0 Å². The Balaban J connectivity index is 1.62. The van der Waals surface area contributed by atoms with Gasteiger partial charge in [-0.2, -0.15) is 0 Å². The number of benzene rings is 1. The van der Waals surface area contributed by atoms with Crippen LogP contribution >= 0.6 is 0 Å². The van der Waals surface area contributed by atoms with E-state index in [0.717, 1.165) is 18.4 Å². The lowest BCUT2D eigenvalue weighted by Crippen LogP contribution is -2.36. The number of rotatable bonds is 8. The summed E-state index contributed by atoms with van der Waals surface area (Å²) in [5.74, 6) is 1.27. The van der Waals surface area contributed by atoms with Gasteiger partial charge < -0.3 is 14.4 Å². The van der Waals surface area contributed by atoms with E-state index in [1.165, 1.54) is 0 Å². The summed E-state index contributed by atoms with van der Waals surface area (Å²) in [6.45, 7) is 3.10. The van der Waals surface area contributed by atoms with E-state index in [1.54, 1.807) is 12.4 Å². The van der Waals surface area contributed by atoms with E-state index in [9.17, 15) is 4.79 Å². The van der Waals surface area contributed by atoms with Crippen molar-refractivity contribution in [2.24, 2.45) is 0 Å². The van der Waals surface area contributed by atoms with Crippen LogP contribution in [0.1, 0.15) is 25.3 Å². The van der Waals surface area contributed by atoms with Crippen LogP contribution in [0.5, 0.6) is 11.5 Å². The second-order valence-corrected chi connectivity index (χ2v) is 5.78. The number of carbonyl (C=O) groups is 1. The number of hydrogen-bond acceptors (Lipinski definition) is 4. The summed E-state index contributed by atoms with van der Waals surface area (Å²) in [5.41, 5.74) is 1.08. The van der Waals surface area contributed by atoms with Gasteiger partial charge in [0.2, 0.25) is 0 Å². The highest BCUT2D eigenvalue weighted by Crippen LogP contribution is 2.29. The first-order valence-corrected chi connectivity index (χ1v) is 8.31. The van der Waals surface area contributed by atoms with E-state index in [2.05, 4.69) is 4.98 Å². The molecule has 0 radical (unpaired) electrons. The van der Waals surface area contributed by atoms with Crippen LogP contribution < -0.4 is 9.47 Å². The summed E-state index contributed by atoms with van der Waals surface area (Å²) in [5, 5.41) is 0. The normalized spacial score (nSPS) is 13.4. The zero-order valence-corrected chi connectivity index (χ0v) is 13.9. The molecule has 126 valence electrons. The van der Waals surface area contributed by atoms with Crippen molar-refractivity contribution in [1.82, 2.24) is 9.88 Å². The van der Waals surface area contributed by atoms with Crippen molar-refractivity contribution in [3.05, 3.63) is 54.4 Å². The lowest BCUT2D eigenvalue weighted by Gasteiger charge is -2.23. The van der Waals surface area contributed by atoms with Crippen molar-refractivity contribution < 1.29 is 14.3 Å². The number of hydrogen-bond donors (Lipinski definition) is 0. The van der Waals surface area contributed by atoms with Crippen LogP contribution in [0.4, 0.5) is 0 Å². The number of aromatic nitrogens is 1. The Kier molecular flexibility index (Phi) is 5.31.